The first-order chi connectivity index (χ1) is 8.24. The van der Waals surface area contributed by atoms with Gasteiger partial charge in [-0.15, -0.1) is 0 Å². The van der Waals surface area contributed by atoms with E-state index in [2.05, 4.69) is 49.2 Å². The van der Waals surface area contributed by atoms with Crippen LogP contribution in [0.1, 0.15) is 52.8 Å². The molecule has 0 radical (unpaired) electrons. The Morgan fingerprint density at radius 1 is 1.12 bits per heavy atom. The van der Waals surface area contributed by atoms with Crippen molar-refractivity contribution in [3.63, 3.8) is 0 Å². The van der Waals surface area contributed by atoms with E-state index in [0.717, 1.165) is 0 Å². The van der Waals surface area contributed by atoms with Gasteiger partial charge in [-0.05, 0) is 37.5 Å². The maximum atomic E-state index is 3.19. The van der Waals surface area contributed by atoms with Crippen LogP contribution in [0.15, 0.2) is 30.5 Å². The molecule has 1 nitrogen and oxygen atoms in total. The van der Waals surface area contributed by atoms with Gasteiger partial charge in [-0.25, -0.2) is 0 Å². The molecule has 0 saturated heterocycles. The third-order valence-electron chi connectivity index (χ3n) is 2.06. The van der Waals surface area contributed by atoms with Crippen LogP contribution in [0.2, 0.25) is 0 Å². The second-order valence-corrected chi connectivity index (χ2v) is 3.32. The Balaban J connectivity index is 0. The minimum Gasteiger partial charge on any atom is -0.361 e. The molecule has 1 rings (SSSR count). The van der Waals surface area contributed by atoms with E-state index in [1.54, 1.807) is 0 Å². The lowest BCUT2D eigenvalue weighted by Crippen LogP contribution is -1.82. The molecule has 1 heterocycles. The number of aromatic amines is 1. The van der Waals surface area contributed by atoms with Crippen LogP contribution in [0, 0.1) is 12.8 Å². The first-order valence-electron chi connectivity index (χ1n) is 6.69. The molecule has 0 spiro atoms. The van der Waals surface area contributed by atoms with Crippen molar-refractivity contribution in [2.45, 2.75) is 48.5 Å². The van der Waals surface area contributed by atoms with Crippen molar-refractivity contribution >= 4 is 6.08 Å². The molecule has 0 aliphatic heterocycles. The van der Waals surface area contributed by atoms with E-state index in [9.17, 15) is 0 Å². The zero-order valence-corrected chi connectivity index (χ0v) is 12.5. The lowest BCUT2D eigenvalue weighted by molar-refractivity contribution is 0.942. The Morgan fingerprint density at radius 2 is 1.71 bits per heavy atom. The first kappa shape index (κ1) is 18.1. The number of H-pyrrole nitrogens is 1. The van der Waals surface area contributed by atoms with Crippen LogP contribution in [0.5, 0.6) is 0 Å². The van der Waals surface area contributed by atoms with Gasteiger partial charge in [0.15, 0.2) is 0 Å². The fourth-order valence-corrected chi connectivity index (χ4v) is 1.26. The molecule has 0 saturated carbocycles. The molecule has 1 aromatic rings. The number of allylic oxidation sites excluding steroid dienone is 3. The van der Waals surface area contributed by atoms with Crippen molar-refractivity contribution in [2.24, 2.45) is 5.92 Å². The summed E-state index contributed by atoms with van der Waals surface area (Å²) in [6, 6.07) is 2.08. The molecular weight excluding hydrogens is 206 g/mol. The van der Waals surface area contributed by atoms with Crippen LogP contribution in [0.4, 0.5) is 0 Å². The fraction of sp³-hybridized carbons (Fsp3) is 0.500. The molecular formula is C16H29N. The molecule has 0 aliphatic carbocycles. The maximum absolute atomic E-state index is 3.19. The van der Waals surface area contributed by atoms with E-state index in [-0.39, 0.29) is 0 Å². The summed E-state index contributed by atoms with van der Waals surface area (Å²) in [7, 11) is 0. The standard InChI is InChI=1S/C12H17N.2C2H6/c1-4-5-10(2)6-7-12-11(3)8-9-13-12;2*1-2/h4-10,13H,1-3H3;2*1-2H3/b5-4-,7-6-;;. The first-order valence-corrected chi connectivity index (χ1v) is 6.69. The van der Waals surface area contributed by atoms with Gasteiger partial charge in [-0.3, -0.25) is 0 Å². The minimum atomic E-state index is 0.507. The average molecular weight is 235 g/mol. The molecule has 17 heavy (non-hydrogen) atoms. The van der Waals surface area contributed by atoms with E-state index in [1.165, 1.54) is 11.3 Å². The van der Waals surface area contributed by atoms with Crippen LogP contribution in [0.25, 0.3) is 6.08 Å². The van der Waals surface area contributed by atoms with Gasteiger partial charge in [-0.1, -0.05) is 52.8 Å². The second kappa shape index (κ2) is 12.8. The van der Waals surface area contributed by atoms with Crippen molar-refractivity contribution < 1.29 is 0 Å². The van der Waals surface area contributed by atoms with Gasteiger partial charge in [-0.2, -0.15) is 0 Å². The highest BCUT2D eigenvalue weighted by Gasteiger charge is 1.93. The predicted molar refractivity (Wildman–Crippen MR) is 81.2 cm³/mol. The molecule has 1 aromatic heterocycles. The van der Waals surface area contributed by atoms with Gasteiger partial charge in [0.2, 0.25) is 0 Å². The largest absolute Gasteiger partial charge is 0.361 e. The van der Waals surface area contributed by atoms with E-state index < -0.39 is 0 Å². The number of aryl methyl sites for hydroxylation is 1. The fourth-order valence-electron chi connectivity index (χ4n) is 1.26. The Bertz CT molecular complexity index is 305. The van der Waals surface area contributed by atoms with Gasteiger partial charge in [0.05, 0.1) is 0 Å². The van der Waals surface area contributed by atoms with Gasteiger partial charge in [0, 0.05) is 11.9 Å². The molecule has 0 aromatic carbocycles. The molecule has 1 N–H and O–H groups in total. The van der Waals surface area contributed by atoms with Gasteiger partial charge in [0.1, 0.15) is 0 Å². The maximum Gasteiger partial charge on any atom is 0.0406 e. The molecule has 98 valence electrons. The van der Waals surface area contributed by atoms with E-state index in [4.69, 9.17) is 0 Å². The lowest BCUT2D eigenvalue weighted by atomic mass is 10.1. The van der Waals surface area contributed by atoms with Crippen LogP contribution in [-0.2, 0) is 0 Å². The Labute approximate surface area is 108 Å². The third kappa shape index (κ3) is 8.56. The van der Waals surface area contributed by atoms with Crippen molar-refractivity contribution in [2.75, 3.05) is 0 Å². The van der Waals surface area contributed by atoms with Gasteiger partial charge >= 0.3 is 0 Å². The zero-order chi connectivity index (χ0) is 13.7. The molecule has 0 fully saturated rings. The summed E-state index contributed by atoms with van der Waals surface area (Å²) >= 11 is 0. The topological polar surface area (TPSA) is 15.8 Å². The summed E-state index contributed by atoms with van der Waals surface area (Å²) in [5.41, 5.74) is 2.50. The average Bonchev–Trinajstić information content (AvgIpc) is 2.78. The quantitative estimate of drug-likeness (QED) is 0.656. The van der Waals surface area contributed by atoms with E-state index in [0.29, 0.717) is 5.92 Å². The highest BCUT2D eigenvalue weighted by Crippen LogP contribution is 2.09. The van der Waals surface area contributed by atoms with Crippen molar-refractivity contribution in [1.82, 2.24) is 4.98 Å². The summed E-state index contributed by atoms with van der Waals surface area (Å²) in [4.78, 5) is 3.19. The molecule has 1 atom stereocenters. The number of hydrogen-bond acceptors (Lipinski definition) is 0. The zero-order valence-electron chi connectivity index (χ0n) is 12.5. The lowest BCUT2D eigenvalue weighted by Gasteiger charge is -1.96. The number of rotatable bonds is 3. The van der Waals surface area contributed by atoms with Crippen LogP contribution >= 0.6 is 0 Å². The smallest absolute Gasteiger partial charge is 0.0406 e. The Hall–Kier alpha value is -1.24. The van der Waals surface area contributed by atoms with Crippen molar-refractivity contribution in [3.05, 3.63) is 41.7 Å². The Kier molecular flexibility index (Phi) is 13.7. The highest BCUT2D eigenvalue weighted by molar-refractivity contribution is 5.49. The molecule has 0 aliphatic rings. The summed E-state index contributed by atoms with van der Waals surface area (Å²) in [6.07, 6.45) is 10.6. The summed E-state index contributed by atoms with van der Waals surface area (Å²) in [5.74, 6) is 0.507. The SMILES string of the molecule is C/C=C\C(C)/C=C\c1[nH]ccc1C.CC.CC. The summed E-state index contributed by atoms with van der Waals surface area (Å²) in [5, 5.41) is 0. The predicted octanol–water partition coefficient (Wildman–Crippen LogP) is 5.60. The number of aromatic nitrogens is 1. The van der Waals surface area contributed by atoms with E-state index in [1.807, 2.05) is 40.8 Å². The normalized spacial score (nSPS) is 11.7. The van der Waals surface area contributed by atoms with Crippen LogP contribution in [0.3, 0.4) is 0 Å². The second-order valence-electron chi connectivity index (χ2n) is 3.32. The number of nitrogens with one attached hydrogen (secondary N) is 1. The highest BCUT2D eigenvalue weighted by atomic mass is 14.7. The summed E-state index contributed by atoms with van der Waals surface area (Å²) < 4.78 is 0. The van der Waals surface area contributed by atoms with Crippen molar-refractivity contribution in [1.29, 1.82) is 0 Å². The summed E-state index contributed by atoms with van der Waals surface area (Å²) in [6.45, 7) is 14.3. The van der Waals surface area contributed by atoms with Crippen LogP contribution < -0.4 is 0 Å². The minimum absolute atomic E-state index is 0.507. The van der Waals surface area contributed by atoms with Crippen LogP contribution in [-0.4, -0.2) is 4.98 Å². The molecule has 0 bridgehead atoms. The number of hydrogen-bond donors (Lipinski definition) is 1. The molecule has 1 unspecified atom stereocenters. The monoisotopic (exact) mass is 235 g/mol. The third-order valence-corrected chi connectivity index (χ3v) is 2.06. The Morgan fingerprint density at radius 3 is 2.12 bits per heavy atom. The molecule has 0 amide bonds. The van der Waals surface area contributed by atoms with E-state index >= 15 is 0 Å². The van der Waals surface area contributed by atoms with Gasteiger partial charge in [0.25, 0.3) is 0 Å². The van der Waals surface area contributed by atoms with Gasteiger partial charge < -0.3 is 4.98 Å². The molecule has 1 heteroatoms. The van der Waals surface area contributed by atoms with Crippen molar-refractivity contribution in [3.8, 4) is 0 Å².